The molecule has 1 aromatic rings. The minimum absolute atomic E-state index is 1.45. The van der Waals surface area contributed by atoms with Crippen LogP contribution < -0.4 is 0 Å². The molecule has 0 saturated carbocycles. The maximum Gasteiger partial charge on any atom is -0.00934 e. The molecule has 0 unspecified atom stereocenters. The van der Waals surface area contributed by atoms with Gasteiger partial charge in [-0.1, -0.05) is 12.1 Å². The summed E-state index contributed by atoms with van der Waals surface area (Å²) in [7, 11) is 0. The van der Waals surface area contributed by atoms with Crippen LogP contribution in [0.4, 0.5) is 0 Å². The molecule has 1 rings (SSSR count). The quantitative estimate of drug-likeness (QED) is 0.577. The van der Waals surface area contributed by atoms with Crippen molar-refractivity contribution in [3.63, 3.8) is 0 Å². The third-order valence-electron chi connectivity index (χ3n) is 0.726. The van der Waals surface area contributed by atoms with Gasteiger partial charge in [-0.05, 0) is 10.8 Å². The third kappa shape index (κ3) is 9.74. The van der Waals surface area contributed by atoms with Crippen molar-refractivity contribution in [2.45, 2.75) is 0 Å². The van der Waals surface area contributed by atoms with Crippen molar-refractivity contribution in [2.24, 2.45) is 0 Å². The Morgan fingerprint density at radius 2 is 1.82 bits per heavy atom. The summed E-state index contributed by atoms with van der Waals surface area (Å²) >= 11 is 3.16. The second-order valence-corrected chi connectivity index (χ2v) is 3.30. The van der Waals surface area contributed by atoms with Gasteiger partial charge in [-0.3, -0.25) is 0 Å². The van der Waals surface area contributed by atoms with Crippen LogP contribution in [-0.2, 0) is 19.4 Å². The fourth-order valence-electron chi connectivity index (χ4n) is 0.336. The van der Waals surface area contributed by atoms with Crippen molar-refractivity contribution in [2.75, 3.05) is 0 Å². The first-order valence-corrected chi connectivity index (χ1v) is 5.68. The summed E-state index contributed by atoms with van der Waals surface area (Å²) in [6.07, 6.45) is 5.22. The van der Waals surface area contributed by atoms with Crippen molar-refractivity contribution >= 4 is 15.7 Å². The second-order valence-electron chi connectivity index (χ2n) is 1.51. The predicted octanol–water partition coefficient (Wildman–Crippen LogP) is 2.63. The molecular formula is C9H9SW-. The Morgan fingerprint density at radius 3 is 2.00 bits per heavy atom. The van der Waals surface area contributed by atoms with Gasteiger partial charge in [0.25, 0.3) is 0 Å². The van der Waals surface area contributed by atoms with E-state index < -0.39 is 0 Å². The van der Waals surface area contributed by atoms with Gasteiger partial charge < -0.3 is 0 Å². The Kier molecular flexibility index (Phi) is 9.51. The molecule has 0 aliphatic carbocycles. The molecule has 0 aliphatic heterocycles. The summed E-state index contributed by atoms with van der Waals surface area (Å²) < 4.78 is 2.00. The van der Waals surface area contributed by atoms with E-state index in [4.69, 9.17) is 6.58 Å². The summed E-state index contributed by atoms with van der Waals surface area (Å²) in [6, 6.07) is 4.04. The zero-order chi connectivity index (χ0) is 8.36. The second kappa shape index (κ2) is 9.74. The zero-order valence-corrected chi connectivity index (χ0v) is 9.76. The van der Waals surface area contributed by atoms with Crippen LogP contribution in [0.15, 0.2) is 41.1 Å². The Labute approximate surface area is 82.7 Å². The van der Waals surface area contributed by atoms with E-state index >= 15 is 0 Å². The topological polar surface area (TPSA) is 0 Å². The van der Waals surface area contributed by atoms with E-state index in [2.05, 4.69) is 0 Å². The predicted molar refractivity (Wildman–Crippen MR) is 48.4 cm³/mol. The van der Waals surface area contributed by atoms with Crippen LogP contribution in [0.1, 0.15) is 0 Å². The van der Waals surface area contributed by atoms with Crippen LogP contribution in [0.25, 0.3) is 0 Å². The molecule has 0 fully saturated rings. The van der Waals surface area contributed by atoms with Crippen molar-refractivity contribution in [3.8, 4) is 0 Å². The first kappa shape index (κ1) is 10.7. The number of hydrogen-bond acceptors (Lipinski definition) is 1. The SMILES string of the molecule is [CH-]=CC=C[CH]=[W].c1ccsc1. The van der Waals surface area contributed by atoms with Gasteiger partial charge in [-0.25, -0.2) is 0 Å². The first-order valence-electron chi connectivity index (χ1n) is 3.04. The first-order chi connectivity index (χ1) is 5.41. The molecule has 1 heterocycles. The average Bonchev–Trinajstić information content (AvgIpc) is 2.57. The van der Waals surface area contributed by atoms with E-state index in [-0.39, 0.29) is 0 Å². The van der Waals surface area contributed by atoms with E-state index in [0.717, 1.165) is 0 Å². The smallest absolute Gasteiger partial charge is 0.00934 e. The van der Waals surface area contributed by atoms with Crippen molar-refractivity contribution in [1.29, 1.82) is 0 Å². The normalized spacial score (nSPS) is 8.36. The standard InChI is InChI=1S/C5H5.C4H4S.W/c1-3-5-4-2;1-2-4-5-3-1;/h1-5H;1-4H;/q-1;;. The van der Waals surface area contributed by atoms with Gasteiger partial charge in [-0.2, -0.15) is 11.3 Å². The molecule has 0 nitrogen and oxygen atoms in total. The molecule has 1 aromatic heterocycles. The minimum Gasteiger partial charge on any atom is -0.152 e. The monoisotopic (exact) mass is 333 g/mol. The molecule has 0 spiro atoms. The number of hydrogen-bond donors (Lipinski definition) is 0. The van der Waals surface area contributed by atoms with E-state index in [1.54, 1.807) is 17.4 Å². The van der Waals surface area contributed by atoms with E-state index in [0.29, 0.717) is 0 Å². The Morgan fingerprint density at radius 1 is 1.18 bits per heavy atom. The molecule has 0 aliphatic rings. The molecule has 0 atom stereocenters. The minimum atomic E-state index is 1.45. The van der Waals surface area contributed by atoms with Crippen molar-refractivity contribution in [3.05, 3.63) is 47.7 Å². The number of allylic oxidation sites excluding steroid dienone is 3. The molecule has 0 amide bonds. The van der Waals surface area contributed by atoms with E-state index in [9.17, 15) is 0 Å². The molecule has 11 heavy (non-hydrogen) atoms. The van der Waals surface area contributed by atoms with Gasteiger partial charge >= 0.3 is 48.6 Å². The molecule has 0 radical (unpaired) electrons. The van der Waals surface area contributed by atoms with Crippen molar-refractivity contribution < 1.29 is 19.4 Å². The van der Waals surface area contributed by atoms with Crippen LogP contribution in [0.3, 0.4) is 0 Å². The van der Waals surface area contributed by atoms with Crippen LogP contribution in [0.5, 0.6) is 0 Å². The summed E-state index contributed by atoms with van der Waals surface area (Å²) in [6.45, 7) is 4.99. The Hall–Kier alpha value is -0.262. The number of rotatable bonds is 2. The number of thiophene rings is 1. The average molecular weight is 333 g/mol. The van der Waals surface area contributed by atoms with Crippen molar-refractivity contribution in [1.82, 2.24) is 0 Å². The molecular weight excluding hydrogens is 324 g/mol. The van der Waals surface area contributed by atoms with Gasteiger partial charge in [0.1, 0.15) is 0 Å². The summed E-state index contributed by atoms with van der Waals surface area (Å²) in [4.78, 5) is 0. The molecule has 2 heteroatoms. The fraction of sp³-hybridized carbons (Fsp3) is 0. The molecule has 0 aromatic carbocycles. The largest absolute Gasteiger partial charge is 0.152 e. The molecule has 0 N–H and O–H groups in total. The van der Waals surface area contributed by atoms with Crippen LogP contribution >= 0.6 is 11.3 Å². The summed E-state index contributed by atoms with van der Waals surface area (Å²) in [5, 5.41) is 4.08. The molecule has 58 valence electrons. The maximum atomic E-state index is 4.99. The Balaban J connectivity index is 0.000000183. The zero-order valence-electron chi connectivity index (χ0n) is 6.01. The van der Waals surface area contributed by atoms with Gasteiger partial charge in [0.15, 0.2) is 0 Å². The molecule has 0 saturated heterocycles. The van der Waals surface area contributed by atoms with E-state index in [1.165, 1.54) is 25.4 Å². The molecule has 0 bridgehead atoms. The summed E-state index contributed by atoms with van der Waals surface area (Å²) in [5.74, 6) is 0. The van der Waals surface area contributed by atoms with Crippen LogP contribution in [0.2, 0.25) is 0 Å². The summed E-state index contributed by atoms with van der Waals surface area (Å²) in [5.41, 5.74) is 0. The van der Waals surface area contributed by atoms with Gasteiger partial charge in [0.2, 0.25) is 0 Å². The van der Waals surface area contributed by atoms with Gasteiger partial charge in [-0.15, -0.1) is 0 Å². The third-order valence-corrected chi connectivity index (χ3v) is 1.92. The fourth-order valence-corrected chi connectivity index (χ4v) is 1.12. The van der Waals surface area contributed by atoms with Crippen LogP contribution in [0, 0.1) is 6.58 Å². The van der Waals surface area contributed by atoms with Gasteiger partial charge in [0.05, 0.1) is 0 Å². The van der Waals surface area contributed by atoms with Gasteiger partial charge in [0, 0.05) is 0 Å². The van der Waals surface area contributed by atoms with Crippen LogP contribution in [-0.4, -0.2) is 4.40 Å². The van der Waals surface area contributed by atoms with E-state index in [1.807, 2.05) is 33.4 Å². The Bertz CT molecular complexity index is 172. The maximum absolute atomic E-state index is 4.99.